The van der Waals surface area contributed by atoms with Crippen molar-refractivity contribution in [1.82, 2.24) is 4.90 Å². The number of ether oxygens (including phenoxy) is 1. The molecule has 1 fully saturated rings. The zero-order chi connectivity index (χ0) is 13.7. The van der Waals surface area contributed by atoms with Crippen LogP contribution < -0.4 is 5.73 Å². The Morgan fingerprint density at radius 1 is 1.37 bits per heavy atom. The molecule has 2 N–H and O–H groups in total. The molecule has 2 atom stereocenters. The van der Waals surface area contributed by atoms with Crippen LogP contribution in [0.5, 0.6) is 0 Å². The summed E-state index contributed by atoms with van der Waals surface area (Å²) in [5.74, 6) is 0.658. The summed E-state index contributed by atoms with van der Waals surface area (Å²) in [6.07, 6.45) is 2.47. The fourth-order valence-electron chi connectivity index (χ4n) is 2.93. The van der Waals surface area contributed by atoms with Crippen molar-refractivity contribution in [2.45, 2.75) is 25.3 Å². The van der Waals surface area contributed by atoms with Gasteiger partial charge < -0.3 is 15.4 Å². The number of hydrogen-bond acceptors (Lipinski definition) is 3. The van der Waals surface area contributed by atoms with Crippen LogP contribution in [-0.2, 0) is 10.3 Å². The van der Waals surface area contributed by atoms with Crippen LogP contribution in [0.25, 0.3) is 0 Å². The van der Waals surface area contributed by atoms with Crippen LogP contribution in [0.15, 0.2) is 30.3 Å². The summed E-state index contributed by atoms with van der Waals surface area (Å²) in [4.78, 5) is 2.34. The third kappa shape index (κ3) is 4.30. The molecule has 0 radical (unpaired) electrons. The van der Waals surface area contributed by atoms with Gasteiger partial charge in [-0.3, -0.25) is 0 Å². The van der Waals surface area contributed by atoms with Gasteiger partial charge in [-0.1, -0.05) is 30.3 Å². The van der Waals surface area contributed by atoms with E-state index in [2.05, 4.69) is 43.1 Å². The van der Waals surface area contributed by atoms with Gasteiger partial charge >= 0.3 is 0 Å². The molecule has 106 valence electrons. The molecule has 19 heavy (non-hydrogen) atoms. The van der Waals surface area contributed by atoms with Gasteiger partial charge in [-0.05, 0) is 38.3 Å². The van der Waals surface area contributed by atoms with Crippen molar-refractivity contribution >= 4 is 0 Å². The van der Waals surface area contributed by atoms with Gasteiger partial charge in [0.1, 0.15) is 0 Å². The summed E-state index contributed by atoms with van der Waals surface area (Å²) in [6, 6.07) is 10.3. The highest BCUT2D eigenvalue weighted by Gasteiger charge is 2.24. The predicted octanol–water partition coefficient (Wildman–Crippen LogP) is 2.22. The lowest BCUT2D eigenvalue weighted by atomic mass is 9.92. The van der Waals surface area contributed by atoms with Gasteiger partial charge in [0, 0.05) is 19.7 Å². The van der Waals surface area contributed by atoms with E-state index >= 15 is 0 Å². The van der Waals surface area contributed by atoms with Gasteiger partial charge in [-0.2, -0.15) is 0 Å². The molecular formula is C16H26N2O. The van der Waals surface area contributed by atoms with E-state index in [-0.39, 0.29) is 5.54 Å². The minimum absolute atomic E-state index is 0.300. The Bertz CT molecular complexity index is 372. The summed E-state index contributed by atoms with van der Waals surface area (Å²) < 4.78 is 5.54. The van der Waals surface area contributed by atoms with Crippen molar-refractivity contribution in [3.63, 3.8) is 0 Å². The highest BCUT2D eigenvalue weighted by Crippen LogP contribution is 2.20. The lowest BCUT2D eigenvalue weighted by Crippen LogP contribution is -2.45. The molecule has 3 nitrogen and oxygen atoms in total. The molecule has 3 heteroatoms. The van der Waals surface area contributed by atoms with E-state index in [4.69, 9.17) is 10.5 Å². The van der Waals surface area contributed by atoms with Gasteiger partial charge in [0.2, 0.25) is 0 Å². The average molecular weight is 262 g/mol. The van der Waals surface area contributed by atoms with E-state index in [0.717, 1.165) is 26.3 Å². The molecule has 0 amide bonds. The van der Waals surface area contributed by atoms with Crippen LogP contribution in [-0.4, -0.2) is 38.3 Å². The largest absolute Gasteiger partial charge is 0.381 e. The number of benzene rings is 1. The molecule has 0 bridgehead atoms. The molecule has 1 aromatic rings. The molecule has 0 saturated carbocycles. The Morgan fingerprint density at radius 3 is 2.74 bits per heavy atom. The molecule has 1 heterocycles. The standard InChI is InChI=1S/C16H26N2O/c1-16(17,15-8-4-3-5-9-15)13-18(2)11-14-7-6-10-19-12-14/h3-5,8-9,14H,6-7,10-13,17H2,1-2H3. The van der Waals surface area contributed by atoms with E-state index in [1.807, 2.05) is 6.07 Å². The number of likely N-dealkylation sites (N-methyl/N-ethyl adjacent to an activating group) is 1. The fourth-order valence-corrected chi connectivity index (χ4v) is 2.93. The Balaban J connectivity index is 1.88. The van der Waals surface area contributed by atoms with E-state index in [1.54, 1.807) is 0 Å². The zero-order valence-corrected chi connectivity index (χ0v) is 12.1. The number of nitrogens with two attached hydrogens (primary N) is 1. The minimum Gasteiger partial charge on any atom is -0.381 e. The van der Waals surface area contributed by atoms with Crippen LogP contribution in [0, 0.1) is 5.92 Å². The van der Waals surface area contributed by atoms with E-state index < -0.39 is 0 Å². The van der Waals surface area contributed by atoms with E-state index in [9.17, 15) is 0 Å². The van der Waals surface area contributed by atoms with Crippen LogP contribution in [0.2, 0.25) is 0 Å². The first-order valence-corrected chi connectivity index (χ1v) is 7.18. The Morgan fingerprint density at radius 2 is 2.11 bits per heavy atom. The van der Waals surface area contributed by atoms with Crippen molar-refractivity contribution in [2.24, 2.45) is 11.7 Å². The summed E-state index contributed by atoms with van der Waals surface area (Å²) in [5.41, 5.74) is 7.37. The van der Waals surface area contributed by atoms with Crippen molar-refractivity contribution in [3.05, 3.63) is 35.9 Å². The molecule has 1 aromatic carbocycles. The molecular weight excluding hydrogens is 236 g/mol. The number of rotatable bonds is 5. The Labute approximate surface area is 116 Å². The van der Waals surface area contributed by atoms with Gasteiger partial charge in [0.25, 0.3) is 0 Å². The summed E-state index contributed by atoms with van der Waals surface area (Å²) in [6.45, 7) is 5.87. The second-order valence-corrected chi connectivity index (χ2v) is 6.06. The second kappa shape index (κ2) is 6.51. The van der Waals surface area contributed by atoms with Crippen LogP contribution in [0.1, 0.15) is 25.3 Å². The average Bonchev–Trinajstić information content (AvgIpc) is 2.40. The predicted molar refractivity (Wildman–Crippen MR) is 79.0 cm³/mol. The monoisotopic (exact) mass is 262 g/mol. The van der Waals surface area contributed by atoms with Gasteiger partial charge in [-0.15, -0.1) is 0 Å². The maximum atomic E-state index is 6.47. The first-order chi connectivity index (χ1) is 9.08. The quantitative estimate of drug-likeness (QED) is 0.884. The molecule has 2 rings (SSSR count). The fraction of sp³-hybridized carbons (Fsp3) is 0.625. The molecule has 1 aliphatic heterocycles. The van der Waals surface area contributed by atoms with Crippen LogP contribution >= 0.6 is 0 Å². The lowest BCUT2D eigenvalue weighted by Gasteiger charge is -2.33. The molecule has 0 aromatic heterocycles. The normalized spacial score (nSPS) is 23.3. The van der Waals surface area contributed by atoms with Crippen molar-refractivity contribution in [3.8, 4) is 0 Å². The summed E-state index contributed by atoms with van der Waals surface area (Å²) >= 11 is 0. The third-order valence-corrected chi connectivity index (χ3v) is 3.86. The highest BCUT2D eigenvalue weighted by atomic mass is 16.5. The van der Waals surface area contributed by atoms with E-state index in [0.29, 0.717) is 5.92 Å². The maximum Gasteiger partial charge on any atom is 0.0509 e. The van der Waals surface area contributed by atoms with Gasteiger partial charge in [0.15, 0.2) is 0 Å². The molecule has 2 unspecified atom stereocenters. The smallest absolute Gasteiger partial charge is 0.0509 e. The molecule has 1 aliphatic rings. The Hall–Kier alpha value is -0.900. The Kier molecular flexibility index (Phi) is 4.97. The topological polar surface area (TPSA) is 38.5 Å². The van der Waals surface area contributed by atoms with E-state index in [1.165, 1.54) is 18.4 Å². The molecule has 0 aliphatic carbocycles. The minimum atomic E-state index is -0.300. The van der Waals surface area contributed by atoms with Crippen molar-refractivity contribution in [1.29, 1.82) is 0 Å². The van der Waals surface area contributed by atoms with Crippen LogP contribution in [0.4, 0.5) is 0 Å². The van der Waals surface area contributed by atoms with Gasteiger partial charge in [0.05, 0.1) is 12.1 Å². The SMILES string of the molecule is CN(CC1CCCOC1)CC(C)(N)c1ccccc1. The van der Waals surface area contributed by atoms with Gasteiger partial charge in [-0.25, -0.2) is 0 Å². The first-order valence-electron chi connectivity index (χ1n) is 7.18. The zero-order valence-electron chi connectivity index (χ0n) is 12.1. The second-order valence-electron chi connectivity index (χ2n) is 6.06. The lowest BCUT2D eigenvalue weighted by molar-refractivity contribution is 0.0396. The van der Waals surface area contributed by atoms with Crippen molar-refractivity contribution < 1.29 is 4.74 Å². The summed E-state index contributed by atoms with van der Waals surface area (Å²) in [5, 5.41) is 0. The summed E-state index contributed by atoms with van der Waals surface area (Å²) in [7, 11) is 2.16. The highest BCUT2D eigenvalue weighted by molar-refractivity contribution is 5.23. The number of nitrogens with zero attached hydrogens (tertiary/aromatic N) is 1. The maximum absolute atomic E-state index is 6.47. The third-order valence-electron chi connectivity index (χ3n) is 3.86. The molecule has 0 spiro atoms. The first kappa shape index (κ1) is 14.5. The van der Waals surface area contributed by atoms with Crippen molar-refractivity contribution in [2.75, 3.05) is 33.4 Å². The number of hydrogen-bond donors (Lipinski definition) is 1. The van der Waals surface area contributed by atoms with Crippen LogP contribution in [0.3, 0.4) is 0 Å². The molecule has 1 saturated heterocycles.